The van der Waals surface area contributed by atoms with Gasteiger partial charge in [0, 0.05) is 0 Å². The lowest BCUT2D eigenvalue weighted by molar-refractivity contribution is 0.0639. The molecule has 0 aliphatic carbocycles. The van der Waals surface area contributed by atoms with Crippen molar-refractivity contribution in [3.8, 4) is 0 Å². The summed E-state index contributed by atoms with van der Waals surface area (Å²) in [5, 5.41) is 16.7. The van der Waals surface area contributed by atoms with Crippen LogP contribution in [0.1, 0.15) is 36.1 Å². The molecule has 0 radical (unpaired) electrons. The summed E-state index contributed by atoms with van der Waals surface area (Å²) in [4.78, 5) is 36.6. The molecule has 3 aromatic rings. The Morgan fingerprint density at radius 1 is 1.00 bits per heavy atom. The molecular formula is C18H12N4O6S2. The van der Waals surface area contributed by atoms with E-state index in [9.17, 15) is 22.8 Å². The summed E-state index contributed by atoms with van der Waals surface area (Å²) in [6.07, 6.45) is 0. The van der Waals surface area contributed by atoms with Crippen molar-refractivity contribution in [2.75, 3.05) is 4.72 Å². The highest BCUT2D eigenvalue weighted by Crippen LogP contribution is 2.26. The van der Waals surface area contributed by atoms with Crippen molar-refractivity contribution < 1.29 is 27.9 Å². The van der Waals surface area contributed by atoms with E-state index in [1.807, 2.05) is 0 Å². The summed E-state index contributed by atoms with van der Waals surface area (Å²) in [5.74, 6) is -2.08. The highest BCUT2D eigenvalue weighted by molar-refractivity contribution is 7.93. The van der Waals surface area contributed by atoms with Crippen LogP contribution >= 0.6 is 11.3 Å². The van der Waals surface area contributed by atoms with E-state index >= 15 is 0 Å². The van der Waals surface area contributed by atoms with Crippen molar-refractivity contribution in [3.05, 3.63) is 70.2 Å². The quantitative estimate of drug-likeness (QED) is 0.548. The summed E-state index contributed by atoms with van der Waals surface area (Å²) in [7, 11) is -4.02. The molecule has 0 unspecified atom stereocenters. The fourth-order valence-electron chi connectivity index (χ4n) is 2.83. The van der Waals surface area contributed by atoms with Gasteiger partial charge in [-0.05, 0) is 36.4 Å². The van der Waals surface area contributed by atoms with E-state index in [0.717, 1.165) is 28.4 Å². The van der Waals surface area contributed by atoms with Gasteiger partial charge in [-0.25, -0.2) is 13.2 Å². The highest BCUT2D eigenvalue weighted by Gasteiger charge is 2.35. The number of amides is 2. The van der Waals surface area contributed by atoms with Gasteiger partial charge in [-0.3, -0.25) is 19.2 Å². The minimum atomic E-state index is -4.02. The molecule has 1 aromatic heterocycles. The molecule has 0 fully saturated rings. The average Bonchev–Trinajstić information content (AvgIpc) is 3.26. The number of nitrogens with one attached hydrogen (secondary N) is 1. The second-order valence-corrected chi connectivity index (χ2v) is 8.92. The van der Waals surface area contributed by atoms with Gasteiger partial charge < -0.3 is 5.11 Å². The molecule has 2 heterocycles. The van der Waals surface area contributed by atoms with Gasteiger partial charge in [0.05, 0.1) is 28.1 Å². The standard InChI is InChI=1S/C18H12N4O6S2/c23-15-12-3-1-2-4-13(12)16(24)22(15)9-14-19-20-18(29-14)21-30(27,28)11-7-5-10(6-8-11)17(25)26/h1-8H,9H2,(H,20,21)(H,25,26). The Labute approximate surface area is 173 Å². The number of sulfonamides is 1. The normalized spacial score (nSPS) is 13.4. The lowest BCUT2D eigenvalue weighted by Crippen LogP contribution is -2.29. The zero-order valence-electron chi connectivity index (χ0n) is 15.0. The predicted molar refractivity (Wildman–Crippen MR) is 105 cm³/mol. The van der Waals surface area contributed by atoms with E-state index < -0.39 is 27.8 Å². The largest absolute Gasteiger partial charge is 0.478 e. The molecule has 0 saturated heterocycles. The molecule has 10 nitrogen and oxygen atoms in total. The molecule has 0 atom stereocenters. The molecule has 1 aliphatic heterocycles. The van der Waals surface area contributed by atoms with Crippen LogP contribution in [0.3, 0.4) is 0 Å². The third-order valence-electron chi connectivity index (χ3n) is 4.27. The molecule has 0 bridgehead atoms. The first-order valence-electron chi connectivity index (χ1n) is 8.40. The second kappa shape index (κ2) is 7.31. The molecule has 2 amide bonds. The van der Waals surface area contributed by atoms with Gasteiger partial charge >= 0.3 is 5.97 Å². The predicted octanol–water partition coefficient (Wildman–Crippen LogP) is 1.83. The fourth-order valence-corrected chi connectivity index (χ4v) is 4.79. The van der Waals surface area contributed by atoms with E-state index in [1.54, 1.807) is 24.3 Å². The van der Waals surface area contributed by atoms with Crippen LogP contribution in [-0.4, -0.2) is 46.4 Å². The molecule has 2 aromatic carbocycles. The smallest absolute Gasteiger partial charge is 0.335 e. The molecule has 4 rings (SSSR count). The molecule has 1 aliphatic rings. The monoisotopic (exact) mass is 444 g/mol. The Morgan fingerprint density at radius 2 is 1.60 bits per heavy atom. The van der Waals surface area contributed by atoms with E-state index in [0.29, 0.717) is 11.1 Å². The molecule has 12 heteroatoms. The number of carboxylic acid groups (broad SMARTS) is 1. The van der Waals surface area contributed by atoms with Crippen LogP contribution in [0, 0.1) is 0 Å². The number of nitrogens with zero attached hydrogens (tertiary/aromatic N) is 3. The first-order chi connectivity index (χ1) is 14.3. The summed E-state index contributed by atoms with van der Waals surface area (Å²) < 4.78 is 27.2. The number of hydrogen-bond donors (Lipinski definition) is 2. The Bertz CT molecular complexity index is 1250. The van der Waals surface area contributed by atoms with Crippen LogP contribution in [-0.2, 0) is 16.6 Å². The number of aromatic carboxylic acids is 1. The van der Waals surface area contributed by atoms with E-state index in [1.165, 1.54) is 12.1 Å². The molecule has 0 saturated carbocycles. The van der Waals surface area contributed by atoms with Crippen molar-refractivity contribution in [3.63, 3.8) is 0 Å². The van der Waals surface area contributed by atoms with Crippen molar-refractivity contribution in [1.29, 1.82) is 0 Å². The van der Waals surface area contributed by atoms with E-state index in [2.05, 4.69) is 14.9 Å². The number of fused-ring (bicyclic) bond motifs is 1. The minimum absolute atomic E-state index is 0.0481. The van der Waals surface area contributed by atoms with E-state index in [-0.39, 0.29) is 27.1 Å². The summed E-state index contributed by atoms with van der Waals surface area (Å²) in [5.41, 5.74) is 0.559. The van der Waals surface area contributed by atoms with Crippen LogP contribution in [0.15, 0.2) is 53.4 Å². The zero-order chi connectivity index (χ0) is 21.5. The van der Waals surface area contributed by atoms with Crippen molar-refractivity contribution in [2.45, 2.75) is 11.4 Å². The van der Waals surface area contributed by atoms with Crippen molar-refractivity contribution >= 4 is 44.3 Å². The van der Waals surface area contributed by atoms with Gasteiger partial charge in [-0.1, -0.05) is 23.5 Å². The number of aromatic nitrogens is 2. The first kappa shape index (κ1) is 19.7. The zero-order valence-corrected chi connectivity index (χ0v) is 16.6. The van der Waals surface area contributed by atoms with Gasteiger partial charge in [0.2, 0.25) is 5.13 Å². The number of benzene rings is 2. The van der Waals surface area contributed by atoms with Crippen molar-refractivity contribution in [1.82, 2.24) is 15.1 Å². The molecular weight excluding hydrogens is 432 g/mol. The third-order valence-corrected chi connectivity index (χ3v) is 6.58. The Hall–Kier alpha value is -3.64. The average molecular weight is 444 g/mol. The van der Waals surface area contributed by atoms with Gasteiger partial charge in [-0.15, -0.1) is 10.2 Å². The maximum Gasteiger partial charge on any atom is 0.335 e. The lowest BCUT2D eigenvalue weighted by atomic mass is 10.1. The van der Waals surface area contributed by atoms with Crippen LogP contribution in [0.5, 0.6) is 0 Å². The lowest BCUT2D eigenvalue weighted by Gasteiger charge is -2.10. The SMILES string of the molecule is O=C(O)c1ccc(S(=O)(=O)Nc2nnc(CN3C(=O)c4ccccc4C3=O)s2)cc1. The molecule has 2 N–H and O–H groups in total. The fraction of sp³-hybridized carbons (Fsp3) is 0.0556. The van der Waals surface area contributed by atoms with Gasteiger partial charge in [0.1, 0.15) is 5.01 Å². The van der Waals surface area contributed by atoms with Gasteiger partial charge in [0.25, 0.3) is 21.8 Å². The minimum Gasteiger partial charge on any atom is -0.478 e. The first-order valence-corrected chi connectivity index (χ1v) is 10.7. The Balaban J connectivity index is 1.49. The Kier molecular flexibility index (Phi) is 4.79. The highest BCUT2D eigenvalue weighted by atomic mass is 32.2. The van der Waals surface area contributed by atoms with Crippen LogP contribution in [0.25, 0.3) is 0 Å². The van der Waals surface area contributed by atoms with Crippen LogP contribution in [0.2, 0.25) is 0 Å². The number of carboxylic acids is 1. The third kappa shape index (κ3) is 3.53. The van der Waals surface area contributed by atoms with Crippen molar-refractivity contribution in [2.24, 2.45) is 0 Å². The maximum atomic E-state index is 12.5. The van der Waals surface area contributed by atoms with Gasteiger partial charge in [-0.2, -0.15) is 0 Å². The maximum absolute atomic E-state index is 12.5. The Morgan fingerprint density at radius 3 is 2.17 bits per heavy atom. The molecule has 30 heavy (non-hydrogen) atoms. The van der Waals surface area contributed by atoms with Crippen LogP contribution in [0.4, 0.5) is 5.13 Å². The summed E-state index contributed by atoms with van der Waals surface area (Å²) in [6, 6.07) is 11.1. The number of rotatable bonds is 6. The molecule has 0 spiro atoms. The summed E-state index contributed by atoms with van der Waals surface area (Å²) in [6.45, 7) is -0.140. The van der Waals surface area contributed by atoms with E-state index in [4.69, 9.17) is 5.11 Å². The second-order valence-electron chi connectivity index (χ2n) is 6.18. The number of carbonyl (C=O) groups is 3. The number of imide groups is 1. The summed E-state index contributed by atoms with van der Waals surface area (Å²) >= 11 is 0.879. The molecule has 152 valence electrons. The number of hydrogen-bond acceptors (Lipinski definition) is 8. The topological polar surface area (TPSA) is 147 Å². The number of anilines is 1. The van der Waals surface area contributed by atoms with Crippen LogP contribution < -0.4 is 4.72 Å². The van der Waals surface area contributed by atoms with Gasteiger partial charge in [0.15, 0.2) is 0 Å². The number of carbonyl (C=O) groups excluding carboxylic acids is 2.